The second-order valence-corrected chi connectivity index (χ2v) is 16.8. The number of hydrogen-bond donors (Lipinski definition) is 1. The largest absolute Gasteiger partial charge is 0.462 e. The number of aromatic nitrogens is 2. The van der Waals surface area contributed by atoms with Gasteiger partial charge in [-0.25, -0.2) is 13.1 Å². The summed E-state index contributed by atoms with van der Waals surface area (Å²) in [7, 11) is -3.54. The summed E-state index contributed by atoms with van der Waals surface area (Å²) in [6, 6.07) is 21.9. The molecule has 12 nitrogen and oxygen atoms in total. The van der Waals surface area contributed by atoms with Crippen molar-refractivity contribution in [1.29, 1.82) is 5.26 Å². The minimum Gasteiger partial charge on any atom is -0.462 e. The minimum atomic E-state index is -3.54. The summed E-state index contributed by atoms with van der Waals surface area (Å²) < 4.78 is 35.3. The van der Waals surface area contributed by atoms with Crippen molar-refractivity contribution in [3.05, 3.63) is 107 Å². The Labute approximate surface area is 334 Å². The van der Waals surface area contributed by atoms with Gasteiger partial charge in [-0.05, 0) is 60.5 Å². The minimum absolute atomic E-state index is 0.00225. The van der Waals surface area contributed by atoms with Crippen molar-refractivity contribution in [2.75, 3.05) is 61.4 Å². The maximum Gasteiger partial charge on any atom is 0.318 e. The average Bonchev–Trinajstić information content (AvgIpc) is 3.68. The average molecular weight is 795 g/mol. The first kappa shape index (κ1) is 39.2. The normalized spacial score (nSPS) is 18.8. The molecule has 292 valence electrons. The predicted molar refractivity (Wildman–Crippen MR) is 221 cm³/mol. The number of nitrogens with one attached hydrogen (secondary N) is 1. The predicted octanol–water partition coefficient (Wildman–Crippen LogP) is 5.57. The zero-order chi connectivity index (χ0) is 39.2. The Hall–Kier alpha value is -5.00. The Morgan fingerprint density at radius 1 is 1.02 bits per heavy atom. The molecule has 0 radical (unpaired) electrons. The van der Waals surface area contributed by atoms with Crippen LogP contribution in [0.25, 0.3) is 16.8 Å². The number of ether oxygens (including phenoxy) is 1. The van der Waals surface area contributed by atoms with Crippen molar-refractivity contribution in [2.24, 2.45) is 0 Å². The van der Waals surface area contributed by atoms with Gasteiger partial charge in [0.2, 0.25) is 15.9 Å². The number of anilines is 2. The summed E-state index contributed by atoms with van der Waals surface area (Å²) >= 11 is 6.75. The Bertz CT molecular complexity index is 2260. The summed E-state index contributed by atoms with van der Waals surface area (Å²) in [5.74, 6) is 0.538. The van der Waals surface area contributed by atoms with Gasteiger partial charge >= 0.3 is 6.01 Å². The summed E-state index contributed by atoms with van der Waals surface area (Å²) in [5, 5.41) is 12.4. The first-order chi connectivity index (χ1) is 27.2. The molecule has 4 aromatic rings. The topological polar surface area (TPSA) is 135 Å². The maximum atomic E-state index is 13.1. The molecule has 0 unspecified atom stereocenters. The van der Waals surface area contributed by atoms with Gasteiger partial charge in [-0.15, -0.1) is 0 Å². The van der Waals surface area contributed by atoms with Crippen molar-refractivity contribution < 1.29 is 17.9 Å². The number of carbonyl (C=O) groups is 1. The number of rotatable bonds is 14. The van der Waals surface area contributed by atoms with E-state index in [4.69, 9.17) is 26.3 Å². The number of nitriles is 1. The number of sulfonamides is 1. The molecule has 56 heavy (non-hydrogen) atoms. The number of hydrogen-bond acceptors (Lipinski definition) is 10. The number of halogens is 1. The van der Waals surface area contributed by atoms with Crippen LogP contribution in [0.4, 0.5) is 11.5 Å². The Morgan fingerprint density at radius 3 is 2.64 bits per heavy atom. The van der Waals surface area contributed by atoms with Gasteiger partial charge in [-0.3, -0.25) is 9.69 Å². The van der Waals surface area contributed by atoms with Gasteiger partial charge in [0.05, 0.1) is 41.5 Å². The van der Waals surface area contributed by atoms with E-state index in [1.807, 2.05) is 42.5 Å². The van der Waals surface area contributed by atoms with Gasteiger partial charge in [0.25, 0.3) is 0 Å². The molecular formula is C42H47ClN8O4S. The van der Waals surface area contributed by atoms with E-state index in [1.54, 1.807) is 11.0 Å². The second kappa shape index (κ2) is 17.4. The SMILES string of the molecule is C=CC(=O)N1CCN(c2nc(OC[C@@H]3CCCN3CCS(=O)(=O)NCc3ccccc3C=C)nc3c2CCN(c2cccc4cccc(Cl)c24)C3)C[C@@H]1CC#N. The molecule has 3 aliphatic rings. The van der Waals surface area contributed by atoms with Crippen LogP contribution >= 0.6 is 11.6 Å². The Morgan fingerprint density at radius 2 is 1.84 bits per heavy atom. The number of benzene rings is 3. The number of fused-ring (bicyclic) bond motifs is 2. The zero-order valence-electron chi connectivity index (χ0n) is 31.4. The zero-order valence-corrected chi connectivity index (χ0v) is 33.0. The third-order valence-electron chi connectivity index (χ3n) is 11.1. The number of carbonyl (C=O) groups excluding carboxylic acids is 1. The third-order valence-corrected chi connectivity index (χ3v) is 12.7. The van der Waals surface area contributed by atoms with E-state index < -0.39 is 10.0 Å². The van der Waals surface area contributed by atoms with Gasteiger partial charge in [0.1, 0.15) is 12.4 Å². The van der Waals surface area contributed by atoms with Crippen molar-refractivity contribution in [3.8, 4) is 12.1 Å². The standard InChI is InChI=1S/C42H47ClN8O4S/c1-3-30-10-5-6-11-32(30)26-45-56(53,54)25-24-48-20-9-14-34(48)29-55-42-46-37-28-49(38-16-8-13-31-12-7-15-36(43)40(31)38)21-18-35(37)41(47-42)50-22-23-51(39(52)4-2)33(27-50)17-19-44/h3-8,10-13,15-16,33-34,45H,1-2,9,14,17-18,20-29H2/t33-,34-/m0/s1. The van der Waals surface area contributed by atoms with Crippen LogP contribution in [0.2, 0.25) is 5.02 Å². The fraction of sp³-hybridized carbons (Fsp3) is 0.381. The molecule has 0 aliphatic carbocycles. The molecule has 0 saturated carbocycles. The van der Waals surface area contributed by atoms with Crippen LogP contribution < -0.4 is 19.3 Å². The van der Waals surface area contributed by atoms with Crippen LogP contribution in [0.15, 0.2) is 79.9 Å². The summed E-state index contributed by atoms with van der Waals surface area (Å²) in [4.78, 5) is 31.0. The molecule has 4 heterocycles. The number of amides is 1. The molecule has 3 aliphatic heterocycles. The molecule has 2 fully saturated rings. The molecule has 2 saturated heterocycles. The molecule has 2 atom stereocenters. The van der Waals surface area contributed by atoms with Crippen molar-refractivity contribution in [1.82, 2.24) is 24.5 Å². The van der Waals surface area contributed by atoms with Crippen LogP contribution in [-0.2, 0) is 34.3 Å². The molecule has 3 aromatic carbocycles. The lowest BCUT2D eigenvalue weighted by Crippen LogP contribution is -2.55. The molecule has 14 heteroatoms. The lowest BCUT2D eigenvalue weighted by Gasteiger charge is -2.42. The highest BCUT2D eigenvalue weighted by atomic mass is 35.5. The van der Waals surface area contributed by atoms with Gasteiger partial charge < -0.3 is 19.4 Å². The molecular weight excluding hydrogens is 748 g/mol. The van der Waals surface area contributed by atoms with Gasteiger partial charge in [-0.2, -0.15) is 15.2 Å². The van der Waals surface area contributed by atoms with Crippen LogP contribution in [0.1, 0.15) is 41.6 Å². The molecule has 0 spiro atoms. The highest BCUT2D eigenvalue weighted by molar-refractivity contribution is 7.89. The van der Waals surface area contributed by atoms with E-state index in [9.17, 15) is 18.5 Å². The smallest absolute Gasteiger partial charge is 0.318 e. The molecule has 7 rings (SSSR count). The van der Waals surface area contributed by atoms with Crippen LogP contribution in [0.3, 0.4) is 0 Å². The van der Waals surface area contributed by atoms with Crippen LogP contribution in [-0.4, -0.2) is 97.8 Å². The van der Waals surface area contributed by atoms with E-state index in [2.05, 4.69) is 56.8 Å². The summed E-state index contributed by atoms with van der Waals surface area (Å²) in [6.45, 7) is 11.8. The van der Waals surface area contributed by atoms with E-state index in [0.29, 0.717) is 50.8 Å². The number of piperazine rings is 1. The number of likely N-dealkylation sites (tertiary alicyclic amines) is 1. The molecule has 1 N–H and O–H groups in total. The summed E-state index contributed by atoms with van der Waals surface area (Å²) in [5.41, 5.74) is 4.68. The highest BCUT2D eigenvalue weighted by Crippen LogP contribution is 2.37. The first-order valence-corrected chi connectivity index (χ1v) is 21.1. The Kier molecular flexibility index (Phi) is 12.2. The van der Waals surface area contributed by atoms with Crippen molar-refractivity contribution in [2.45, 2.75) is 50.9 Å². The van der Waals surface area contributed by atoms with Gasteiger partial charge in [0.15, 0.2) is 0 Å². The second-order valence-electron chi connectivity index (χ2n) is 14.4. The maximum absolute atomic E-state index is 13.1. The lowest BCUT2D eigenvalue weighted by molar-refractivity contribution is -0.128. The van der Waals surface area contributed by atoms with E-state index >= 15 is 0 Å². The van der Waals surface area contributed by atoms with E-state index in [1.165, 1.54) is 6.08 Å². The molecule has 0 bridgehead atoms. The fourth-order valence-corrected chi connectivity index (χ4v) is 9.41. The van der Waals surface area contributed by atoms with Gasteiger partial charge in [0, 0.05) is 61.9 Å². The van der Waals surface area contributed by atoms with E-state index in [0.717, 1.165) is 70.6 Å². The first-order valence-electron chi connectivity index (χ1n) is 19.1. The highest BCUT2D eigenvalue weighted by Gasteiger charge is 2.34. The Balaban J connectivity index is 1.10. The summed E-state index contributed by atoms with van der Waals surface area (Å²) in [6.07, 6.45) is 5.69. The molecule has 1 amide bonds. The quantitative estimate of drug-likeness (QED) is 0.162. The van der Waals surface area contributed by atoms with E-state index in [-0.39, 0.29) is 42.7 Å². The van der Waals surface area contributed by atoms with Crippen LogP contribution in [0, 0.1) is 11.3 Å². The van der Waals surface area contributed by atoms with Crippen LogP contribution in [0.5, 0.6) is 6.01 Å². The van der Waals surface area contributed by atoms with Crippen molar-refractivity contribution in [3.63, 3.8) is 0 Å². The van der Waals surface area contributed by atoms with Gasteiger partial charge in [-0.1, -0.05) is 79.4 Å². The molecule has 1 aromatic heterocycles. The monoisotopic (exact) mass is 794 g/mol. The fourth-order valence-electron chi connectivity index (χ4n) is 8.14. The number of nitrogens with zero attached hydrogens (tertiary/aromatic N) is 7. The lowest BCUT2D eigenvalue weighted by atomic mass is 10.0. The third kappa shape index (κ3) is 8.69. The van der Waals surface area contributed by atoms with Crippen molar-refractivity contribution >= 4 is 55.9 Å².